The molecule has 1 atom stereocenters. The molecule has 2 aromatic heterocycles. The molecule has 1 aliphatic heterocycles. The molecular formula is C24H28N6O3. The van der Waals surface area contributed by atoms with Gasteiger partial charge in [0.1, 0.15) is 11.6 Å². The Morgan fingerprint density at radius 1 is 1.00 bits per heavy atom. The molecule has 1 aromatic carbocycles. The van der Waals surface area contributed by atoms with E-state index in [1.807, 2.05) is 24.3 Å². The normalized spacial score (nSPS) is 16.0. The zero-order valence-electron chi connectivity index (χ0n) is 19.6. The average molecular weight is 449 g/mol. The molecule has 1 fully saturated rings. The van der Waals surface area contributed by atoms with Crippen molar-refractivity contribution in [1.29, 1.82) is 0 Å². The van der Waals surface area contributed by atoms with Crippen LogP contribution in [0.1, 0.15) is 28.5 Å². The van der Waals surface area contributed by atoms with Crippen LogP contribution in [-0.4, -0.2) is 66.0 Å². The number of hydrogen-bond acceptors (Lipinski definition) is 9. The molecule has 9 heteroatoms. The molecule has 1 aliphatic rings. The zero-order valence-corrected chi connectivity index (χ0v) is 19.6. The van der Waals surface area contributed by atoms with Crippen LogP contribution in [0, 0.1) is 13.8 Å². The number of carbonyl (C=O) groups excluding carboxylic acids is 1. The number of ether oxygens (including phenoxy) is 2. The highest BCUT2D eigenvalue weighted by Gasteiger charge is 2.28. The lowest BCUT2D eigenvalue weighted by atomic mass is 10.0. The lowest BCUT2D eigenvalue weighted by Crippen LogP contribution is -2.53. The molecule has 0 bridgehead atoms. The molecular weight excluding hydrogens is 420 g/mol. The van der Waals surface area contributed by atoms with Gasteiger partial charge >= 0.3 is 5.97 Å². The fourth-order valence-corrected chi connectivity index (χ4v) is 4.09. The minimum Gasteiger partial charge on any atom is -0.497 e. The van der Waals surface area contributed by atoms with Gasteiger partial charge in [-0.2, -0.15) is 0 Å². The molecule has 3 heterocycles. The van der Waals surface area contributed by atoms with Crippen molar-refractivity contribution in [1.82, 2.24) is 20.2 Å². The maximum absolute atomic E-state index is 11.6. The number of hydrogen-bond donors (Lipinski definition) is 0. The van der Waals surface area contributed by atoms with Crippen molar-refractivity contribution in [3.8, 4) is 17.0 Å². The molecule has 1 unspecified atom stereocenters. The van der Waals surface area contributed by atoms with E-state index in [9.17, 15) is 4.79 Å². The molecule has 0 saturated carbocycles. The minimum atomic E-state index is -0.491. The maximum atomic E-state index is 11.6. The Morgan fingerprint density at radius 3 is 2.36 bits per heavy atom. The third-order valence-corrected chi connectivity index (χ3v) is 6.12. The van der Waals surface area contributed by atoms with Crippen LogP contribution >= 0.6 is 0 Å². The number of carbonyl (C=O) groups is 1. The Balaban J connectivity index is 1.50. The molecule has 0 aliphatic carbocycles. The first kappa shape index (κ1) is 22.4. The van der Waals surface area contributed by atoms with Gasteiger partial charge < -0.3 is 19.3 Å². The first-order chi connectivity index (χ1) is 15.9. The highest BCUT2D eigenvalue weighted by atomic mass is 16.5. The van der Waals surface area contributed by atoms with E-state index < -0.39 is 5.97 Å². The van der Waals surface area contributed by atoms with Gasteiger partial charge in [0.2, 0.25) is 0 Å². The lowest BCUT2D eigenvalue weighted by molar-refractivity contribution is 0.0593. The van der Waals surface area contributed by atoms with Crippen LogP contribution in [0.4, 0.5) is 11.6 Å². The van der Waals surface area contributed by atoms with Gasteiger partial charge in [0.25, 0.3) is 0 Å². The molecule has 172 valence electrons. The topological polar surface area (TPSA) is 93.6 Å². The summed E-state index contributed by atoms with van der Waals surface area (Å²) >= 11 is 0. The van der Waals surface area contributed by atoms with E-state index in [2.05, 4.69) is 50.7 Å². The van der Waals surface area contributed by atoms with E-state index in [1.54, 1.807) is 13.3 Å². The maximum Gasteiger partial charge on any atom is 0.358 e. The van der Waals surface area contributed by atoms with Crippen LogP contribution in [0.25, 0.3) is 11.3 Å². The Bertz CT molecular complexity index is 1130. The number of aromatic nitrogens is 4. The third kappa shape index (κ3) is 4.44. The smallest absolute Gasteiger partial charge is 0.358 e. The quantitative estimate of drug-likeness (QED) is 0.546. The summed E-state index contributed by atoms with van der Waals surface area (Å²) in [5.74, 6) is 1.97. The summed E-state index contributed by atoms with van der Waals surface area (Å²) < 4.78 is 9.95. The summed E-state index contributed by atoms with van der Waals surface area (Å²) in [6.45, 7) is 8.64. The SMILES string of the molecule is COC(=O)c1cnc(N2CCN(c3nnc(-c4ccc(OC)cc4)c(C)c3C)CC2C)cn1. The van der Waals surface area contributed by atoms with Crippen molar-refractivity contribution in [3.63, 3.8) is 0 Å². The van der Waals surface area contributed by atoms with Gasteiger partial charge in [-0.3, -0.25) is 0 Å². The third-order valence-electron chi connectivity index (χ3n) is 6.12. The Labute approximate surface area is 193 Å². The van der Waals surface area contributed by atoms with Crippen LogP contribution in [0.2, 0.25) is 0 Å². The number of piperazine rings is 1. The van der Waals surface area contributed by atoms with Gasteiger partial charge in [-0.1, -0.05) is 0 Å². The minimum absolute atomic E-state index is 0.180. The van der Waals surface area contributed by atoms with Gasteiger partial charge in [0.05, 0.1) is 32.3 Å². The van der Waals surface area contributed by atoms with Crippen LogP contribution in [-0.2, 0) is 4.74 Å². The number of anilines is 2. The fraction of sp³-hybridized carbons (Fsp3) is 0.375. The van der Waals surface area contributed by atoms with Gasteiger partial charge in [0.15, 0.2) is 11.5 Å². The highest BCUT2D eigenvalue weighted by molar-refractivity contribution is 5.86. The predicted molar refractivity (Wildman–Crippen MR) is 126 cm³/mol. The van der Waals surface area contributed by atoms with Gasteiger partial charge in [0, 0.05) is 31.2 Å². The van der Waals surface area contributed by atoms with Gasteiger partial charge in [-0.05, 0) is 56.2 Å². The number of nitrogens with zero attached hydrogens (tertiary/aromatic N) is 6. The van der Waals surface area contributed by atoms with Crippen LogP contribution < -0.4 is 14.5 Å². The van der Waals surface area contributed by atoms with E-state index in [4.69, 9.17) is 9.47 Å². The van der Waals surface area contributed by atoms with E-state index >= 15 is 0 Å². The summed E-state index contributed by atoms with van der Waals surface area (Å²) in [6, 6.07) is 8.05. The van der Waals surface area contributed by atoms with Crippen molar-refractivity contribution in [3.05, 3.63) is 53.5 Å². The van der Waals surface area contributed by atoms with E-state index in [1.165, 1.54) is 13.3 Å². The molecule has 0 spiro atoms. The van der Waals surface area contributed by atoms with Gasteiger partial charge in [-0.15, -0.1) is 10.2 Å². The summed E-state index contributed by atoms with van der Waals surface area (Å²) in [4.78, 5) is 24.7. The summed E-state index contributed by atoms with van der Waals surface area (Å²) in [5.41, 5.74) is 4.34. The molecule has 4 rings (SSSR count). The van der Waals surface area contributed by atoms with Crippen molar-refractivity contribution in [2.24, 2.45) is 0 Å². The first-order valence-corrected chi connectivity index (χ1v) is 10.8. The first-order valence-electron chi connectivity index (χ1n) is 10.8. The molecule has 1 saturated heterocycles. The highest BCUT2D eigenvalue weighted by Crippen LogP contribution is 2.30. The fourth-order valence-electron chi connectivity index (χ4n) is 4.09. The number of benzene rings is 1. The van der Waals surface area contributed by atoms with Crippen LogP contribution in [0.15, 0.2) is 36.7 Å². The van der Waals surface area contributed by atoms with Crippen LogP contribution in [0.3, 0.4) is 0 Å². The molecule has 33 heavy (non-hydrogen) atoms. The summed E-state index contributed by atoms with van der Waals surface area (Å²) in [6.07, 6.45) is 3.08. The number of methoxy groups -OCH3 is 2. The summed E-state index contributed by atoms with van der Waals surface area (Å²) in [7, 11) is 2.99. The Morgan fingerprint density at radius 2 is 1.76 bits per heavy atom. The number of esters is 1. The largest absolute Gasteiger partial charge is 0.497 e. The standard InChI is InChI=1S/C24H28N6O3/c1-15-14-29(10-11-30(15)21-13-25-20(12-26-21)24(31)33-5)23-17(3)16(2)22(27-28-23)18-6-8-19(32-4)9-7-18/h6-9,12-13,15H,10-11,14H2,1-5H3. The van der Waals surface area contributed by atoms with Crippen molar-refractivity contribution in [2.45, 2.75) is 26.8 Å². The summed E-state index contributed by atoms with van der Waals surface area (Å²) in [5, 5.41) is 9.17. The lowest BCUT2D eigenvalue weighted by Gasteiger charge is -2.41. The molecule has 0 amide bonds. The molecule has 3 aromatic rings. The van der Waals surface area contributed by atoms with Crippen molar-refractivity contribution in [2.75, 3.05) is 43.7 Å². The Hall–Kier alpha value is -3.75. The number of rotatable bonds is 5. The molecule has 0 radical (unpaired) electrons. The van der Waals surface area contributed by atoms with Crippen LogP contribution in [0.5, 0.6) is 5.75 Å². The Kier molecular flexibility index (Phi) is 6.39. The van der Waals surface area contributed by atoms with Crippen molar-refractivity contribution >= 4 is 17.6 Å². The second-order valence-corrected chi connectivity index (χ2v) is 8.09. The van der Waals surface area contributed by atoms with Gasteiger partial charge in [-0.25, -0.2) is 14.8 Å². The molecule has 9 nitrogen and oxygen atoms in total. The second-order valence-electron chi connectivity index (χ2n) is 8.09. The second kappa shape index (κ2) is 9.40. The van der Waals surface area contributed by atoms with E-state index in [0.717, 1.165) is 59.4 Å². The predicted octanol–water partition coefficient (Wildman–Crippen LogP) is 3.06. The van der Waals surface area contributed by atoms with E-state index in [0.29, 0.717) is 0 Å². The zero-order chi connectivity index (χ0) is 23.5. The van der Waals surface area contributed by atoms with Crippen molar-refractivity contribution < 1.29 is 14.3 Å². The molecule has 0 N–H and O–H groups in total. The van der Waals surface area contributed by atoms with E-state index in [-0.39, 0.29) is 11.7 Å². The average Bonchev–Trinajstić information content (AvgIpc) is 2.85. The monoisotopic (exact) mass is 448 g/mol.